The fraction of sp³-hybridized carbons (Fsp3) is 0.217. The summed E-state index contributed by atoms with van der Waals surface area (Å²) >= 11 is 0. The molecular weight excluding hydrogens is 418 g/mol. The molecule has 1 aromatic heterocycles. The van der Waals surface area contributed by atoms with E-state index < -0.39 is 18.5 Å². The zero-order valence-corrected chi connectivity index (χ0v) is 16.8. The topological polar surface area (TPSA) is 84.3 Å². The van der Waals surface area contributed by atoms with E-state index in [1.165, 1.54) is 4.90 Å². The van der Waals surface area contributed by atoms with Crippen molar-refractivity contribution in [2.24, 2.45) is 0 Å². The van der Waals surface area contributed by atoms with Crippen LogP contribution in [0.4, 0.5) is 8.78 Å². The van der Waals surface area contributed by atoms with Gasteiger partial charge in [0.2, 0.25) is 11.8 Å². The van der Waals surface area contributed by atoms with Crippen LogP contribution in [0, 0.1) is 0 Å². The molecule has 1 atom stereocenters. The van der Waals surface area contributed by atoms with Gasteiger partial charge >= 0.3 is 6.55 Å². The summed E-state index contributed by atoms with van der Waals surface area (Å²) in [5, 5.41) is 6.37. The van der Waals surface area contributed by atoms with Gasteiger partial charge in [-0.05, 0) is 30.2 Å². The first kappa shape index (κ1) is 20.0. The summed E-state index contributed by atoms with van der Waals surface area (Å²) in [6.07, 6.45) is 0.450. The molecule has 3 heterocycles. The van der Waals surface area contributed by atoms with Gasteiger partial charge in [0.1, 0.15) is 6.04 Å². The van der Waals surface area contributed by atoms with Crippen molar-refractivity contribution in [3.05, 3.63) is 65.7 Å². The number of rotatable bonds is 4. The standard InChI is InChI=1S/C23H18F2N4O3/c24-23(25)29-19(13-4-2-1-3-5-13)11-17(27-29)14-6-7-16-15(10-14)12-28(22(16)32)18-8-9-20(30)26-21(18)31/h1-7,10-11,18,23H,8-9,12H2,(H,26,30,31). The van der Waals surface area contributed by atoms with Gasteiger partial charge in [-0.2, -0.15) is 13.9 Å². The van der Waals surface area contributed by atoms with Gasteiger partial charge in [0.05, 0.1) is 11.4 Å². The number of nitrogens with one attached hydrogen (secondary N) is 1. The lowest BCUT2D eigenvalue weighted by atomic mass is 10.0. The maximum absolute atomic E-state index is 13.6. The highest BCUT2D eigenvalue weighted by atomic mass is 19.3. The molecular formula is C23H18F2N4O3. The van der Waals surface area contributed by atoms with Crippen molar-refractivity contribution in [1.29, 1.82) is 0 Å². The van der Waals surface area contributed by atoms with Crippen molar-refractivity contribution in [3.8, 4) is 22.5 Å². The van der Waals surface area contributed by atoms with E-state index in [2.05, 4.69) is 10.4 Å². The first-order valence-electron chi connectivity index (χ1n) is 10.1. The number of hydrogen-bond donors (Lipinski definition) is 1. The van der Waals surface area contributed by atoms with Gasteiger partial charge in [-0.25, -0.2) is 4.68 Å². The minimum atomic E-state index is -2.81. The number of carbonyl (C=O) groups is 3. The van der Waals surface area contributed by atoms with Crippen LogP contribution in [0.3, 0.4) is 0 Å². The lowest BCUT2D eigenvalue weighted by Crippen LogP contribution is -2.52. The number of hydrogen-bond acceptors (Lipinski definition) is 4. The van der Waals surface area contributed by atoms with E-state index in [0.717, 1.165) is 0 Å². The Labute approximate surface area is 181 Å². The Morgan fingerprint density at radius 3 is 2.50 bits per heavy atom. The van der Waals surface area contributed by atoms with Crippen LogP contribution < -0.4 is 5.32 Å². The molecule has 0 saturated carbocycles. The maximum Gasteiger partial charge on any atom is 0.333 e. The largest absolute Gasteiger partial charge is 0.333 e. The van der Waals surface area contributed by atoms with Gasteiger partial charge in [-0.3, -0.25) is 19.7 Å². The van der Waals surface area contributed by atoms with Crippen LogP contribution in [-0.2, 0) is 16.1 Å². The fourth-order valence-corrected chi connectivity index (χ4v) is 4.24. The molecule has 7 nitrogen and oxygen atoms in total. The first-order chi connectivity index (χ1) is 15.4. The lowest BCUT2D eigenvalue weighted by molar-refractivity contribution is -0.136. The van der Waals surface area contributed by atoms with Crippen LogP contribution in [0.5, 0.6) is 0 Å². The summed E-state index contributed by atoms with van der Waals surface area (Å²) in [5.74, 6) is -1.11. The van der Waals surface area contributed by atoms with Crippen LogP contribution in [0.1, 0.15) is 35.3 Å². The molecule has 2 aliphatic rings. The molecule has 1 saturated heterocycles. The monoisotopic (exact) mass is 436 g/mol. The molecule has 32 heavy (non-hydrogen) atoms. The third-order valence-electron chi connectivity index (χ3n) is 5.81. The quantitative estimate of drug-likeness (QED) is 0.636. The fourth-order valence-electron chi connectivity index (χ4n) is 4.24. The number of alkyl halides is 2. The predicted octanol–water partition coefficient (Wildman–Crippen LogP) is 3.37. The van der Waals surface area contributed by atoms with Gasteiger partial charge in [0.15, 0.2) is 0 Å². The first-order valence-corrected chi connectivity index (χ1v) is 10.1. The second-order valence-corrected chi connectivity index (χ2v) is 7.77. The Hall–Kier alpha value is -3.88. The number of carbonyl (C=O) groups excluding carboxylic acids is 3. The summed E-state index contributed by atoms with van der Waals surface area (Å²) in [6.45, 7) is -2.60. The molecule has 0 radical (unpaired) electrons. The van der Waals surface area contributed by atoms with Crippen LogP contribution in [0.25, 0.3) is 22.5 Å². The number of piperidine rings is 1. The van der Waals surface area contributed by atoms with Gasteiger partial charge < -0.3 is 4.90 Å². The number of nitrogens with zero attached hydrogens (tertiary/aromatic N) is 3. The molecule has 9 heteroatoms. The summed E-state index contributed by atoms with van der Waals surface area (Å²) in [4.78, 5) is 37.9. The predicted molar refractivity (Wildman–Crippen MR) is 110 cm³/mol. The van der Waals surface area contributed by atoms with Crippen molar-refractivity contribution in [2.45, 2.75) is 32.0 Å². The van der Waals surface area contributed by atoms with Crippen molar-refractivity contribution < 1.29 is 23.2 Å². The number of fused-ring (bicyclic) bond motifs is 1. The van der Waals surface area contributed by atoms with Gasteiger partial charge in [-0.1, -0.05) is 36.4 Å². The number of halogens is 2. The molecule has 0 aliphatic carbocycles. The summed E-state index contributed by atoms with van der Waals surface area (Å²) < 4.78 is 27.9. The Bertz CT molecular complexity index is 1240. The zero-order chi connectivity index (χ0) is 22.4. The highest BCUT2D eigenvalue weighted by Crippen LogP contribution is 2.33. The molecule has 1 unspecified atom stereocenters. The molecule has 5 rings (SSSR count). The van der Waals surface area contributed by atoms with Crippen LogP contribution >= 0.6 is 0 Å². The molecule has 2 aromatic carbocycles. The molecule has 0 spiro atoms. The van der Waals surface area contributed by atoms with Crippen molar-refractivity contribution in [2.75, 3.05) is 0 Å². The molecule has 3 aromatic rings. The van der Waals surface area contributed by atoms with Gasteiger partial charge in [0, 0.05) is 29.7 Å². The SMILES string of the molecule is O=C1CCC(N2Cc3cc(-c4cc(-c5ccccc5)n(C(F)F)n4)ccc3C2=O)C(=O)N1. The van der Waals surface area contributed by atoms with E-state index >= 15 is 0 Å². The number of aromatic nitrogens is 2. The summed E-state index contributed by atoms with van der Waals surface area (Å²) in [6, 6.07) is 14.7. The highest BCUT2D eigenvalue weighted by Gasteiger charge is 2.39. The van der Waals surface area contributed by atoms with Gasteiger partial charge in [-0.15, -0.1) is 0 Å². The molecule has 0 bridgehead atoms. The Balaban J connectivity index is 1.47. The molecule has 1 N–H and O–H groups in total. The Morgan fingerprint density at radius 2 is 1.78 bits per heavy atom. The highest BCUT2D eigenvalue weighted by molar-refractivity contribution is 6.05. The lowest BCUT2D eigenvalue weighted by Gasteiger charge is -2.29. The Morgan fingerprint density at radius 1 is 1.00 bits per heavy atom. The molecule has 2 aliphatic heterocycles. The molecule has 162 valence electrons. The Kier molecular flexibility index (Phi) is 4.80. The second-order valence-electron chi connectivity index (χ2n) is 7.77. The van der Waals surface area contributed by atoms with E-state index in [-0.39, 0.29) is 36.9 Å². The minimum Gasteiger partial charge on any atom is -0.322 e. The van der Waals surface area contributed by atoms with Crippen LogP contribution in [0.15, 0.2) is 54.6 Å². The normalized spacial score (nSPS) is 18.3. The molecule has 1 fully saturated rings. The number of imide groups is 1. The second kappa shape index (κ2) is 7.67. The van der Waals surface area contributed by atoms with E-state index in [0.29, 0.717) is 32.6 Å². The minimum absolute atomic E-state index is 0.176. The van der Waals surface area contributed by atoms with E-state index in [1.54, 1.807) is 54.6 Å². The van der Waals surface area contributed by atoms with Crippen molar-refractivity contribution in [3.63, 3.8) is 0 Å². The summed E-state index contributed by atoms with van der Waals surface area (Å²) in [7, 11) is 0. The van der Waals surface area contributed by atoms with E-state index in [1.807, 2.05) is 0 Å². The van der Waals surface area contributed by atoms with Crippen LogP contribution in [-0.4, -0.2) is 38.4 Å². The third-order valence-corrected chi connectivity index (χ3v) is 5.81. The van der Waals surface area contributed by atoms with Crippen LogP contribution in [0.2, 0.25) is 0 Å². The zero-order valence-electron chi connectivity index (χ0n) is 16.8. The summed E-state index contributed by atoms with van der Waals surface area (Å²) in [5.41, 5.74) is 3.00. The third kappa shape index (κ3) is 3.35. The van der Waals surface area contributed by atoms with E-state index in [9.17, 15) is 23.2 Å². The number of benzene rings is 2. The molecule has 3 amide bonds. The maximum atomic E-state index is 13.6. The van der Waals surface area contributed by atoms with Crippen molar-refractivity contribution in [1.82, 2.24) is 20.0 Å². The van der Waals surface area contributed by atoms with Crippen molar-refractivity contribution >= 4 is 17.7 Å². The average molecular weight is 436 g/mol. The number of amides is 3. The van der Waals surface area contributed by atoms with E-state index in [4.69, 9.17) is 0 Å². The van der Waals surface area contributed by atoms with Gasteiger partial charge in [0.25, 0.3) is 5.91 Å². The average Bonchev–Trinajstić information content (AvgIpc) is 3.37. The smallest absolute Gasteiger partial charge is 0.322 e.